The van der Waals surface area contributed by atoms with Crippen LogP contribution in [0.3, 0.4) is 0 Å². The third-order valence-corrected chi connectivity index (χ3v) is 9.06. The van der Waals surface area contributed by atoms with Crippen LogP contribution < -0.4 is 4.90 Å². The molecule has 0 unspecified atom stereocenters. The molecule has 2 aromatic heterocycles. The largest absolute Gasteiger partial charge is 0.456 e. The lowest BCUT2D eigenvalue weighted by Gasteiger charge is -2.26. The molecule has 9 rings (SSSR count). The minimum Gasteiger partial charge on any atom is -0.456 e. The van der Waals surface area contributed by atoms with Gasteiger partial charge >= 0.3 is 0 Å². The minimum absolute atomic E-state index is 0.884. The molecule has 3 nitrogen and oxygen atoms in total. The van der Waals surface area contributed by atoms with Gasteiger partial charge in [0.2, 0.25) is 0 Å². The average molecular weight is 591 g/mol. The van der Waals surface area contributed by atoms with E-state index in [1.807, 2.05) is 12.1 Å². The summed E-state index contributed by atoms with van der Waals surface area (Å²) in [6, 6.07) is 58.4. The van der Waals surface area contributed by atoms with E-state index in [9.17, 15) is 0 Å². The summed E-state index contributed by atoms with van der Waals surface area (Å²) in [4.78, 5) is 2.33. The van der Waals surface area contributed by atoms with E-state index in [1.54, 1.807) is 0 Å². The van der Waals surface area contributed by atoms with Crippen LogP contribution in [0.4, 0.5) is 17.1 Å². The highest BCUT2D eigenvalue weighted by atomic mass is 16.3. The highest BCUT2D eigenvalue weighted by Crippen LogP contribution is 2.43. The number of hydrogen-bond donors (Lipinski definition) is 0. The van der Waals surface area contributed by atoms with E-state index in [2.05, 4.69) is 168 Å². The van der Waals surface area contributed by atoms with Gasteiger partial charge in [-0.2, -0.15) is 0 Å². The van der Waals surface area contributed by atoms with Crippen LogP contribution >= 0.6 is 0 Å². The molecular formula is C43H30N2O. The van der Waals surface area contributed by atoms with Crippen molar-refractivity contribution < 1.29 is 4.42 Å². The molecule has 0 aliphatic rings. The molecule has 46 heavy (non-hydrogen) atoms. The van der Waals surface area contributed by atoms with Crippen LogP contribution in [0.25, 0.3) is 60.6 Å². The van der Waals surface area contributed by atoms with Crippen LogP contribution in [0.1, 0.15) is 5.56 Å². The molecule has 7 aromatic carbocycles. The predicted molar refractivity (Wildman–Crippen MR) is 193 cm³/mol. The van der Waals surface area contributed by atoms with Crippen LogP contribution in [-0.4, -0.2) is 4.57 Å². The second-order valence-electron chi connectivity index (χ2n) is 11.9. The van der Waals surface area contributed by atoms with Gasteiger partial charge in [-0.25, -0.2) is 0 Å². The zero-order valence-electron chi connectivity index (χ0n) is 25.4. The fourth-order valence-corrected chi connectivity index (χ4v) is 6.87. The summed E-state index contributed by atoms with van der Waals surface area (Å²) in [5, 5.41) is 4.74. The lowest BCUT2D eigenvalue weighted by molar-refractivity contribution is 0.669. The van der Waals surface area contributed by atoms with E-state index >= 15 is 0 Å². The Morgan fingerprint density at radius 2 is 1.13 bits per heavy atom. The van der Waals surface area contributed by atoms with E-state index in [0.29, 0.717) is 0 Å². The zero-order valence-corrected chi connectivity index (χ0v) is 25.4. The quantitative estimate of drug-likeness (QED) is 0.199. The molecule has 0 amide bonds. The number of para-hydroxylation sites is 3. The summed E-state index contributed by atoms with van der Waals surface area (Å²) < 4.78 is 8.63. The number of nitrogens with zero attached hydrogens (tertiary/aromatic N) is 2. The first-order valence-corrected chi connectivity index (χ1v) is 15.7. The summed E-state index contributed by atoms with van der Waals surface area (Å²) in [5.41, 5.74) is 12.3. The molecule has 2 heterocycles. The Morgan fingerprint density at radius 1 is 0.478 bits per heavy atom. The number of benzene rings is 7. The SMILES string of the molecule is Cc1ccc(-n2c3ccccc3c3cc(-c4ccc(N(c5ccccc5)c5cccc6oc7ccccc7c56)cc4)ccc32)cc1. The Labute approximate surface area is 267 Å². The summed E-state index contributed by atoms with van der Waals surface area (Å²) in [5.74, 6) is 0. The molecule has 0 atom stereocenters. The molecule has 0 aliphatic heterocycles. The van der Waals surface area contributed by atoms with E-state index in [-0.39, 0.29) is 0 Å². The first-order chi connectivity index (χ1) is 22.7. The van der Waals surface area contributed by atoms with E-state index in [0.717, 1.165) is 39.0 Å². The van der Waals surface area contributed by atoms with E-state index in [1.165, 1.54) is 44.2 Å². The van der Waals surface area contributed by atoms with Gasteiger partial charge in [-0.3, -0.25) is 0 Å². The number of rotatable bonds is 5. The maximum atomic E-state index is 6.26. The zero-order chi connectivity index (χ0) is 30.6. The Morgan fingerprint density at radius 3 is 1.96 bits per heavy atom. The summed E-state index contributed by atoms with van der Waals surface area (Å²) in [6.45, 7) is 2.13. The highest BCUT2D eigenvalue weighted by Gasteiger charge is 2.19. The molecule has 0 saturated carbocycles. The number of aryl methyl sites for hydroxylation is 1. The number of hydrogen-bond acceptors (Lipinski definition) is 2. The van der Waals surface area contributed by atoms with Gasteiger partial charge in [-0.15, -0.1) is 0 Å². The maximum absolute atomic E-state index is 6.26. The third-order valence-electron chi connectivity index (χ3n) is 9.06. The number of fused-ring (bicyclic) bond motifs is 6. The number of aromatic nitrogens is 1. The number of anilines is 3. The Kier molecular flexibility index (Phi) is 6.04. The lowest BCUT2D eigenvalue weighted by Crippen LogP contribution is -2.10. The van der Waals surface area contributed by atoms with Crippen LogP contribution in [0, 0.1) is 6.92 Å². The van der Waals surface area contributed by atoms with Crippen molar-refractivity contribution in [2.24, 2.45) is 0 Å². The van der Waals surface area contributed by atoms with Crippen molar-refractivity contribution in [3.05, 3.63) is 169 Å². The van der Waals surface area contributed by atoms with Gasteiger partial charge in [0, 0.05) is 33.2 Å². The Hall–Kier alpha value is -6.06. The molecule has 0 radical (unpaired) electrons. The van der Waals surface area contributed by atoms with Crippen LogP contribution in [0.5, 0.6) is 0 Å². The van der Waals surface area contributed by atoms with Crippen LogP contribution in [0.2, 0.25) is 0 Å². The maximum Gasteiger partial charge on any atom is 0.137 e. The van der Waals surface area contributed by atoms with Crippen molar-refractivity contribution in [2.75, 3.05) is 4.90 Å². The van der Waals surface area contributed by atoms with E-state index in [4.69, 9.17) is 4.42 Å². The molecule has 0 bridgehead atoms. The summed E-state index contributed by atoms with van der Waals surface area (Å²) in [7, 11) is 0. The third kappa shape index (κ3) is 4.21. The standard InChI is InChI=1S/C43H30N2O/c1-29-18-23-34(24-19-29)45-38-14-7-5-12-35(38)37-28-31(22-27-39(37)45)30-20-25-33(26-21-30)44(32-10-3-2-4-11-32)40-15-9-17-42-43(40)36-13-6-8-16-41(36)46-42/h2-28H,1H3. The van der Waals surface area contributed by atoms with Crippen molar-refractivity contribution in [1.29, 1.82) is 0 Å². The molecule has 3 heteroatoms. The molecule has 0 saturated heterocycles. The van der Waals surface area contributed by atoms with Crippen molar-refractivity contribution in [3.8, 4) is 16.8 Å². The topological polar surface area (TPSA) is 21.3 Å². The molecule has 9 aromatic rings. The van der Waals surface area contributed by atoms with Gasteiger partial charge in [0.1, 0.15) is 11.2 Å². The van der Waals surface area contributed by atoms with Crippen molar-refractivity contribution >= 4 is 60.8 Å². The fourth-order valence-electron chi connectivity index (χ4n) is 6.87. The van der Waals surface area contributed by atoms with Gasteiger partial charge in [0.05, 0.1) is 22.1 Å². The lowest BCUT2D eigenvalue weighted by atomic mass is 10.0. The van der Waals surface area contributed by atoms with Crippen molar-refractivity contribution in [3.63, 3.8) is 0 Å². The van der Waals surface area contributed by atoms with Gasteiger partial charge in [0.25, 0.3) is 0 Å². The Bertz CT molecular complexity index is 2520. The predicted octanol–water partition coefficient (Wildman–Crippen LogP) is 12.1. The first-order valence-electron chi connectivity index (χ1n) is 15.7. The van der Waals surface area contributed by atoms with E-state index < -0.39 is 0 Å². The molecule has 0 spiro atoms. The highest BCUT2D eigenvalue weighted by molar-refractivity contribution is 6.13. The van der Waals surface area contributed by atoms with Crippen molar-refractivity contribution in [1.82, 2.24) is 4.57 Å². The van der Waals surface area contributed by atoms with Gasteiger partial charge in [-0.1, -0.05) is 96.6 Å². The average Bonchev–Trinajstić information content (AvgIpc) is 3.66. The molecule has 0 N–H and O–H groups in total. The van der Waals surface area contributed by atoms with Gasteiger partial charge < -0.3 is 13.9 Å². The minimum atomic E-state index is 0.884. The fraction of sp³-hybridized carbons (Fsp3) is 0.0233. The van der Waals surface area contributed by atoms with Gasteiger partial charge in [0.15, 0.2) is 0 Å². The smallest absolute Gasteiger partial charge is 0.137 e. The molecule has 0 aliphatic carbocycles. The monoisotopic (exact) mass is 590 g/mol. The number of furan rings is 1. The van der Waals surface area contributed by atoms with Crippen molar-refractivity contribution in [2.45, 2.75) is 6.92 Å². The van der Waals surface area contributed by atoms with Crippen LogP contribution in [-0.2, 0) is 0 Å². The summed E-state index contributed by atoms with van der Waals surface area (Å²) >= 11 is 0. The van der Waals surface area contributed by atoms with Gasteiger partial charge in [-0.05, 0) is 90.8 Å². The second-order valence-corrected chi connectivity index (χ2v) is 11.9. The first kappa shape index (κ1) is 26.4. The van der Waals surface area contributed by atoms with Crippen LogP contribution in [0.15, 0.2) is 168 Å². The normalized spacial score (nSPS) is 11.6. The molecular weight excluding hydrogens is 560 g/mol. The Balaban J connectivity index is 1.17. The second kappa shape index (κ2) is 10.5. The molecule has 0 fully saturated rings. The molecule has 218 valence electrons. The summed E-state index contributed by atoms with van der Waals surface area (Å²) in [6.07, 6.45) is 0.